The molecule has 0 spiro atoms. The molecule has 1 atom stereocenters. The number of amides is 3. The smallest absolute Gasteiger partial charge is 0.321 e. The summed E-state index contributed by atoms with van der Waals surface area (Å²) < 4.78 is 0. The summed E-state index contributed by atoms with van der Waals surface area (Å²) in [5.41, 5.74) is 4.42. The number of aryl methyl sites for hydroxylation is 3. The molecule has 3 amide bonds. The van der Waals surface area contributed by atoms with Crippen molar-refractivity contribution in [1.82, 2.24) is 15.6 Å². The van der Waals surface area contributed by atoms with Gasteiger partial charge in [0.25, 0.3) is 0 Å². The van der Waals surface area contributed by atoms with E-state index in [1.165, 1.54) is 17.3 Å². The Morgan fingerprint density at radius 3 is 2.54 bits per heavy atom. The second-order valence-electron chi connectivity index (χ2n) is 5.86. The molecular weight excluding hydrogens is 322 g/mol. The maximum Gasteiger partial charge on any atom is 0.321 e. The standard InChI is InChI=1S/C18H23N3O2S/c1-6-19-18(23)21-17(22)13(5)24-15-9-11(3)14-8-10(2)7-12(4)16(14)20-15/h7-9,13H,6H2,1-5H3,(H2,19,21,22,23)/t13-/m0/s1. The van der Waals surface area contributed by atoms with Crippen LogP contribution in [0.3, 0.4) is 0 Å². The van der Waals surface area contributed by atoms with E-state index in [1.54, 1.807) is 13.8 Å². The average Bonchev–Trinajstić information content (AvgIpc) is 2.48. The van der Waals surface area contributed by atoms with Crippen LogP contribution in [0.25, 0.3) is 10.9 Å². The van der Waals surface area contributed by atoms with Crippen LogP contribution >= 0.6 is 11.8 Å². The second-order valence-corrected chi connectivity index (χ2v) is 7.23. The van der Waals surface area contributed by atoms with E-state index in [9.17, 15) is 9.59 Å². The number of imide groups is 1. The van der Waals surface area contributed by atoms with Gasteiger partial charge in [0.1, 0.15) is 0 Å². The molecule has 0 fully saturated rings. The van der Waals surface area contributed by atoms with Gasteiger partial charge in [-0.1, -0.05) is 23.4 Å². The van der Waals surface area contributed by atoms with Gasteiger partial charge in [-0.25, -0.2) is 9.78 Å². The number of pyridine rings is 1. The Hall–Kier alpha value is -2.08. The van der Waals surface area contributed by atoms with Crippen LogP contribution in [-0.2, 0) is 4.79 Å². The zero-order chi connectivity index (χ0) is 17.9. The van der Waals surface area contributed by atoms with Gasteiger partial charge < -0.3 is 5.32 Å². The van der Waals surface area contributed by atoms with Crippen LogP contribution in [0, 0.1) is 20.8 Å². The molecule has 6 heteroatoms. The van der Waals surface area contributed by atoms with E-state index < -0.39 is 11.3 Å². The fraction of sp³-hybridized carbons (Fsp3) is 0.389. The highest BCUT2D eigenvalue weighted by atomic mass is 32.2. The number of nitrogens with zero attached hydrogens (tertiary/aromatic N) is 1. The van der Waals surface area contributed by atoms with E-state index >= 15 is 0 Å². The number of aromatic nitrogens is 1. The highest BCUT2D eigenvalue weighted by Crippen LogP contribution is 2.28. The van der Waals surface area contributed by atoms with Crippen LogP contribution in [0.4, 0.5) is 4.79 Å². The maximum atomic E-state index is 12.1. The first kappa shape index (κ1) is 18.3. The summed E-state index contributed by atoms with van der Waals surface area (Å²) in [7, 11) is 0. The Labute approximate surface area is 146 Å². The van der Waals surface area contributed by atoms with Gasteiger partial charge in [-0.3, -0.25) is 10.1 Å². The zero-order valence-electron chi connectivity index (χ0n) is 14.7. The molecule has 0 bridgehead atoms. The number of urea groups is 1. The largest absolute Gasteiger partial charge is 0.338 e. The molecule has 128 valence electrons. The van der Waals surface area contributed by atoms with Gasteiger partial charge >= 0.3 is 6.03 Å². The number of carbonyl (C=O) groups excluding carboxylic acids is 2. The van der Waals surface area contributed by atoms with Crippen molar-refractivity contribution in [2.45, 2.75) is 44.9 Å². The molecule has 0 saturated carbocycles. The summed E-state index contributed by atoms with van der Waals surface area (Å²) in [6.45, 7) is 10.2. The Morgan fingerprint density at radius 2 is 1.88 bits per heavy atom. The molecule has 2 rings (SSSR count). The van der Waals surface area contributed by atoms with Crippen molar-refractivity contribution < 1.29 is 9.59 Å². The highest BCUT2D eigenvalue weighted by Gasteiger charge is 2.18. The third-order valence-corrected chi connectivity index (χ3v) is 4.69. The summed E-state index contributed by atoms with van der Waals surface area (Å²) in [6, 6.07) is 5.75. The molecule has 1 aromatic carbocycles. The molecule has 24 heavy (non-hydrogen) atoms. The van der Waals surface area contributed by atoms with E-state index in [1.807, 2.05) is 19.9 Å². The van der Waals surface area contributed by atoms with Crippen molar-refractivity contribution in [3.8, 4) is 0 Å². The lowest BCUT2D eigenvalue weighted by Crippen LogP contribution is -2.42. The van der Waals surface area contributed by atoms with Crippen LogP contribution in [0.5, 0.6) is 0 Å². The summed E-state index contributed by atoms with van der Waals surface area (Å²) in [5.74, 6) is -0.328. The molecule has 0 unspecified atom stereocenters. The maximum absolute atomic E-state index is 12.1. The lowest BCUT2D eigenvalue weighted by molar-refractivity contribution is -0.119. The normalized spacial score (nSPS) is 12.0. The van der Waals surface area contributed by atoms with Gasteiger partial charge in [0, 0.05) is 11.9 Å². The van der Waals surface area contributed by atoms with E-state index in [2.05, 4.69) is 29.7 Å². The first-order chi connectivity index (χ1) is 11.3. The molecule has 1 aromatic heterocycles. The van der Waals surface area contributed by atoms with E-state index in [-0.39, 0.29) is 5.91 Å². The number of benzene rings is 1. The lowest BCUT2D eigenvalue weighted by atomic mass is 10.0. The quantitative estimate of drug-likeness (QED) is 0.832. The third-order valence-electron chi connectivity index (χ3n) is 3.67. The van der Waals surface area contributed by atoms with Gasteiger partial charge in [0.2, 0.25) is 5.91 Å². The highest BCUT2D eigenvalue weighted by molar-refractivity contribution is 8.00. The average molecular weight is 345 g/mol. The predicted octanol–water partition coefficient (Wildman–Crippen LogP) is 3.49. The summed E-state index contributed by atoms with van der Waals surface area (Å²) in [4.78, 5) is 28.2. The fourth-order valence-electron chi connectivity index (χ4n) is 2.53. The van der Waals surface area contributed by atoms with Crippen molar-refractivity contribution in [2.24, 2.45) is 0 Å². The van der Waals surface area contributed by atoms with Gasteiger partial charge in [-0.15, -0.1) is 0 Å². The minimum Gasteiger partial charge on any atom is -0.338 e. The van der Waals surface area contributed by atoms with Gasteiger partial charge in [0.05, 0.1) is 15.8 Å². The van der Waals surface area contributed by atoms with Crippen LogP contribution in [0.2, 0.25) is 0 Å². The molecule has 0 aliphatic heterocycles. The fourth-order valence-corrected chi connectivity index (χ4v) is 3.44. The van der Waals surface area contributed by atoms with Crippen molar-refractivity contribution in [3.63, 3.8) is 0 Å². The van der Waals surface area contributed by atoms with Crippen LogP contribution in [0.1, 0.15) is 30.5 Å². The molecule has 1 heterocycles. The number of carbonyl (C=O) groups is 2. The number of rotatable bonds is 4. The lowest BCUT2D eigenvalue weighted by Gasteiger charge is -2.13. The van der Waals surface area contributed by atoms with Gasteiger partial charge in [-0.05, 0) is 57.9 Å². The molecule has 2 aromatic rings. The number of hydrogen-bond acceptors (Lipinski definition) is 4. The van der Waals surface area contributed by atoms with Crippen molar-refractivity contribution in [3.05, 3.63) is 34.9 Å². The number of fused-ring (bicyclic) bond motifs is 1. The monoisotopic (exact) mass is 345 g/mol. The minimum atomic E-state index is -0.469. The third kappa shape index (κ3) is 4.26. The summed E-state index contributed by atoms with van der Waals surface area (Å²) >= 11 is 1.35. The van der Waals surface area contributed by atoms with E-state index in [0.717, 1.165) is 27.1 Å². The minimum absolute atomic E-state index is 0.328. The topological polar surface area (TPSA) is 71.1 Å². The zero-order valence-corrected chi connectivity index (χ0v) is 15.5. The van der Waals surface area contributed by atoms with Gasteiger partial charge in [-0.2, -0.15) is 0 Å². The van der Waals surface area contributed by atoms with Crippen LogP contribution < -0.4 is 10.6 Å². The summed E-state index contributed by atoms with van der Waals surface area (Å²) in [5, 5.41) is 6.38. The number of hydrogen-bond donors (Lipinski definition) is 2. The summed E-state index contributed by atoms with van der Waals surface area (Å²) in [6.07, 6.45) is 0. The van der Waals surface area contributed by atoms with Crippen molar-refractivity contribution in [2.75, 3.05) is 6.54 Å². The van der Waals surface area contributed by atoms with E-state index in [4.69, 9.17) is 4.98 Å². The first-order valence-electron chi connectivity index (χ1n) is 7.95. The van der Waals surface area contributed by atoms with Crippen molar-refractivity contribution in [1.29, 1.82) is 0 Å². The first-order valence-corrected chi connectivity index (χ1v) is 8.83. The molecule has 0 aliphatic rings. The molecular formula is C18H23N3O2S. The Kier molecular flexibility index (Phi) is 5.83. The van der Waals surface area contributed by atoms with Crippen LogP contribution in [-0.4, -0.2) is 28.7 Å². The Bertz CT molecular complexity index is 789. The Morgan fingerprint density at radius 1 is 1.17 bits per heavy atom. The molecule has 0 aliphatic carbocycles. The van der Waals surface area contributed by atoms with Gasteiger partial charge in [0.15, 0.2) is 0 Å². The SMILES string of the molecule is CCNC(=O)NC(=O)[C@H](C)Sc1cc(C)c2cc(C)cc(C)c2n1. The number of thioether (sulfide) groups is 1. The molecule has 2 N–H and O–H groups in total. The van der Waals surface area contributed by atoms with E-state index in [0.29, 0.717) is 6.54 Å². The van der Waals surface area contributed by atoms with Crippen molar-refractivity contribution >= 4 is 34.6 Å². The molecule has 0 saturated heterocycles. The molecule has 5 nitrogen and oxygen atoms in total. The Balaban J connectivity index is 2.21. The predicted molar refractivity (Wildman–Crippen MR) is 98.5 cm³/mol. The van der Waals surface area contributed by atoms with Crippen LogP contribution in [0.15, 0.2) is 23.2 Å². The number of nitrogens with one attached hydrogen (secondary N) is 2. The second kappa shape index (κ2) is 7.66. The molecule has 0 radical (unpaired) electrons.